The molecule has 0 fully saturated rings. The highest BCUT2D eigenvalue weighted by Gasteiger charge is 2.04. The third-order valence-electron chi connectivity index (χ3n) is 3.27. The molecule has 5 heteroatoms. The molecule has 3 nitrogen and oxygen atoms in total. The van der Waals surface area contributed by atoms with E-state index in [0.717, 1.165) is 11.3 Å². The summed E-state index contributed by atoms with van der Waals surface area (Å²) in [6.07, 6.45) is 0. The van der Waals surface area contributed by atoms with Gasteiger partial charge in [0.05, 0.1) is 10.0 Å². The number of anilines is 1. The number of amides is 2. The summed E-state index contributed by atoms with van der Waals surface area (Å²) in [6.45, 7) is 4.64. The van der Waals surface area contributed by atoms with Crippen molar-refractivity contribution in [1.82, 2.24) is 5.32 Å². The summed E-state index contributed by atoms with van der Waals surface area (Å²) < 4.78 is 0. The van der Waals surface area contributed by atoms with E-state index in [2.05, 4.69) is 24.5 Å². The molecule has 2 amide bonds. The molecular weight excluding hydrogens is 319 g/mol. The lowest BCUT2D eigenvalue weighted by Crippen LogP contribution is -2.28. The number of nitrogens with one attached hydrogen (secondary N) is 2. The number of rotatable bonds is 4. The Morgan fingerprint density at radius 2 is 1.73 bits per heavy atom. The number of hydrogen-bond donors (Lipinski definition) is 2. The molecule has 0 saturated carbocycles. The molecule has 0 radical (unpaired) electrons. The van der Waals surface area contributed by atoms with Gasteiger partial charge in [-0.25, -0.2) is 4.79 Å². The van der Waals surface area contributed by atoms with Gasteiger partial charge in [-0.05, 0) is 41.3 Å². The summed E-state index contributed by atoms with van der Waals surface area (Å²) in [5, 5.41) is 6.55. The topological polar surface area (TPSA) is 41.1 Å². The third-order valence-corrected chi connectivity index (χ3v) is 4.01. The van der Waals surface area contributed by atoms with Gasteiger partial charge in [0.1, 0.15) is 0 Å². The zero-order valence-electron chi connectivity index (χ0n) is 12.5. The Morgan fingerprint density at radius 1 is 1.05 bits per heavy atom. The molecule has 2 aromatic carbocycles. The SMILES string of the molecule is CC(C)c1ccc(NC(=O)NCc2ccc(Cl)c(Cl)c2)cc1. The van der Waals surface area contributed by atoms with Gasteiger partial charge < -0.3 is 10.6 Å². The molecule has 22 heavy (non-hydrogen) atoms. The average molecular weight is 337 g/mol. The van der Waals surface area contributed by atoms with Crippen LogP contribution in [0.25, 0.3) is 0 Å². The Kier molecular flexibility index (Phi) is 5.69. The van der Waals surface area contributed by atoms with E-state index in [-0.39, 0.29) is 6.03 Å². The lowest BCUT2D eigenvalue weighted by atomic mass is 10.0. The number of halogens is 2. The minimum atomic E-state index is -0.261. The monoisotopic (exact) mass is 336 g/mol. The van der Waals surface area contributed by atoms with Crippen LogP contribution >= 0.6 is 23.2 Å². The predicted octanol–water partition coefficient (Wildman–Crippen LogP) is 5.44. The van der Waals surface area contributed by atoms with Crippen molar-refractivity contribution < 1.29 is 4.79 Å². The standard InChI is InChI=1S/C17H18Cl2N2O/c1-11(2)13-4-6-14(7-5-13)21-17(22)20-10-12-3-8-15(18)16(19)9-12/h3-9,11H,10H2,1-2H3,(H2,20,21,22). The number of urea groups is 1. The lowest BCUT2D eigenvalue weighted by Gasteiger charge is -2.10. The molecule has 0 heterocycles. The summed E-state index contributed by atoms with van der Waals surface area (Å²) in [5.41, 5.74) is 2.89. The van der Waals surface area contributed by atoms with E-state index < -0.39 is 0 Å². The molecule has 2 N–H and O–H groups in total. The molecule has 0 bridgehead atoms. The second-order valence-electron chi connectivity index (χ2n) is 5.33. The highest BCUT2D eigenvalue weighted by Crippen LogP contribution is 2.22. The quantitative estimate of drug-likeness (QED) is 0.766. The van der Waals surface area contributed by atoms with Crippen LogP contribution in [0.1, 0.15) is 30.9 Å². The number of carbonyl (C=O) groups is 1. The largest absolute Gasteiger partial charge is 0.334 e. The van der Waals surface area contributed by atoms with Gasteiger partial charge >= 0.3 is 6.03 Å². The van der Waals surface area contributed by atoms with Crippen molar-refractivity contribution in [3.63, 3.8) is 0 Å². The van der Waals surface area contributed by atoms with Gasteiger partial charge in [-0.2, -0.15) is 0 Å². The van der Waals surface area contributed by atoms with Crippen LogP contribution in [0.15, 0.2) is 42.5 Å². The van der Waals surface area contributed by atoms with Crippen LogP contribution in [0.2, 0.25) is 10.0 Å². The van der Waals surface area contributed by atoms with Gasteiger partial charge in [0.25, 0.3) is 0 Å². The van der Waals surface area contributed by atoms with Gasteiger partial charge in [0.2, 0.25) is 0 Å². The van der Waals surface area contributed by atoms with Crippen molar-refractivity contribution in [2.75, 3.05) is 5.32 Å². The van der Waals surface area contributed by atoms with Crippen LogP contribution in [0.5, 0.6) is 0 Å². The highest BCUT2D eigenvalue weighted by molar-refractivity contribution is 6.42. The van der Waals surface area contributed by atoms with E-state index in [1.807, 2.05) is 30.3 Å². The summed E-state index contributed by atoms with van der Waals surface area (Å²) in [4.78, 5) is 11.9. The normalized spacial score (nSPS) is 10.6. The van der Waals surface area contributed by atoms with E-state index in [1.165, 1.54) is 5.56 Å². The van der Waals surface area contributed by atoms with Gasteiger partial charge in [0.15, 0.2) is 0 Å². The fraction of sp³-hybridized carbons (Fsp3) is 0.235. The van der Waals surface area contributed by atoms with E-state index in [1.54, 1.807) is 12.1 Å². The first kappa shape index (κ1) is 16.7. The van der Waals surface area contributed by atoms with Crippen LogP contribution in [0, 0.1) is 0 Å². The fourth-order valence-corrected chi connectivity index (χ4v) is 2.28. The molecule has 0 aliphatic rings. The van der Waals surface area contributed by atoms with Crippen molar-refractivity contribution in [2.24, 2.45) is 0 Å². The molecule has 0 aliphatic carbocycles. The molecule has 0 spiro atoms. The molecule has 0 atom stereocenters. The zero-order valence-corrected chi connectivity index (χ0v) is 14.0. The van der Waals surface area contributed by atoms with Gasteiger partial charge in [-0.1, -0.05) is 55.2 Å². The smallest absolute Gasteiger partial charge is 0.319 e. The second-order valence-corrected chi connectivity index (χ2v) is 6.15. The van der Waals surface area contributed by atoms with Crippen LogP contribution in [-0.2, 0) is 6.54 Å². The summed E-state index contributed by atoms with van der Waals surface area (Å²) >= 11 is 11.8. The van der Waals surface area contributed by atoms with E-state index in [0.29, 0.717) is 22.5 Å². The minimum Gasteiger partial charge on any atom is -0.334 e. The predicted molar refractivity (Wildman–Crippen MR) is 92.9 cm³/mol. The first-order chi connectivity index (χ1) is 10.5. The lowest BCUT2D eigenvalue weighted by molar-refractivity contribution is 0.251. The average Bonchev–Trinajstić information content (AvgIpc) is 2.49. The summed E-state index contributed by atoms with van der Waals surface area (Å²) in [5.74, 6) is 0.470. The van der Waals surface area contributed by atoms with Crippen LogP contribution < -0.4 is 10.6 Å². The van der Waals surface area contributed by atoms with Crippen molar-refractivity contribution in [3.05, 3.63) is 63.6 Å². The maximum Gasteiger partial charge on any atom is 0.319 e. The Labute approximate surface area is 140 Å². The molecule has 2 aromatic rings. The molecule has 0 unspecified atom stereocenters. The molecular formula is C17H18Cl2N2O. The van der Waals surface area contributed by atoms with E-state index >= 15 is 0 Å². The molecule has 0 aliphatic heterocycles. The van der Waals surface area contributed by atoms with Crippen molar-refractivity contribution in [3.8, 4) is 0 Å². The maximum absolute atomic E-state index is 11.9. The molecule has 0 aromatic heterocycles. The van der Waals surface area contributed by atoms with Crippen LogP contribution in [-0.4, -0.2) is 6.03 Å². The van der Waals surface area contributed by atoms with E-state index in [4.69, 9.17) is 23.2 Å². The molecule has 2 rings (SSSR count). The van der Waals surface area contributed by atoms with Gasteiger partial charge in [-0.15, -0.1) is 0 Å². The van der Waals surface area contributed by atoms with Crippen molar-refractivity contribution in [1.29, 1.82) is 0 Å². The molecule has 116 valence electrons. The van der Waals surface area contributed by atoms with Gasteiger partial charge in [0, 0.05) is 12.2 Å². The maximum atomic E-state index is 11.9. The Balaban J connectivity index is 1.88. The Hall–Kier alpha value is -1.71. The number of benzene rings is 2. The van der Waals surface area contributed by atoms with E-state index in [9.17, 15) is 4.79 Å². The zero-order chi connectivity index (χ0) is 16.1. The highest BCUT2D eigenvalue weighted by atomic mass is 35.5. The Morgan fingerprint density at radius 3 is 2.32 bits per heavy atom. The number of hydrogen-bond acceptors (Lipinski definition) is 1. The summed E-state index contributed by atoms with van der Waals surface area (Å²) in [6, 6.07) is 12.8. The van der Waals surface area contributed by atoms with Gasteiger partial charge in [-0.3, -0.25) is 0 Å². The number of carbonyl (C=O) groups excluding carboxylic acids is 1. The third kappa shape index (κ3) is 4.65. The Bertz CT molecular complexity index is 654. The second kappa shape index (κ2) is 7.52. The first-order valence-corrected chi connectivity index (χ1v) is 7.80. The minimum absolute atomic E-state index is 0.261. The van der Waals surface area contributed by atoms with Crippen molar-refractivity contribution in [2.45, 2.75) is 26.3 Å². The van der Waals surface area contributed by atoms with Crippen LogP contribution in [0.4, 0.5) is 10.5 Å². The van der Waals surface area contributed by atoms with Crippen molar-refractivity contribution >= 4 is 34.9 Å². The molecule has 0 saturated heterocycles. The van der Waals surface area contributed by atoms with Crippen LogP contribution in [0.3, 0.4) is 0 Å². The fourth-order valence-electron chi connectivity index (χ4n) is 1.96. The summed E-state index contributed by atoms with van der Waals surface area (Å²) in [7, 11) is 0. The first-order valence-electron chi connectivity index (χ1n) is 7.04.